The summed E-state index contributed by atoms with van der Waals surface area (Å²) in [7, 11) is 0. The smallest absolute Gasteiger partial charge is 0.379 e. The molecular formula is C25H24F3N7O2. The van der Waals surface area contributed by atoms with Gasteiger partial charge in [0.05, 0.1) is 17.4 Å². The number of hydrogen-bond acceptors (Lipinski definition) is 8. The van der Waals surface area contributed by atoms with Crippen LogP contribution in [-0.4, -0.2) is 56.1 Å². The second-order valence-electron chi connectivity index (χ2n) is 10.4. The molecule has 0 spiro atoms. The van der Waals surface area contributed by atoms with Crippen LogP contribution in [0.4, 0.5) is 18.9 Å². The summed E-state index contributed by atoms with van der Waals surface area (Å²) in [6, 6.07) is 3.97. The number of alkyl halides is 3. The van der Waals surface area contributed by atoms with E-state index in [0.29, 0.717) is 42.2 Å². The second-order valence-corrected chi connectivity index (χ2v) is 10.4. The van der Waals surface area contributed by atoms with Crippen molar-refractivity contribution in [3.63, 3.8) is 0 Å². The van der Waals surface area contributed by atoms with Gasteiger partial charge in [-0.2, -0.15) is 23.7 Å². The molecule has 2 saturated carbocycles. The number of nitrogens with one attached hydrogen (secondary N) is 1. The molecule has 9 nitrogen and oxygen atoms in total. The maximum atomic E-state index is 13.2. The summed E-state index contributed by atoms with van der Waals surface area (Å²) < 4.78 is 39.7. The summed E-state index contributed by atoms with van der Waals surface area (Å²) in [4.78, 5) is 26.6. The van der Waals surface area contributed by atoms with E-state index in [-0.39, 0.29) is 18.1 Å². The van der Waals surface area contributed by atoms with Crippen LogP contribution < -0.4 is 5.32 Å². The molecule has 6 atom stereocenters. The highest BCUT2D eigenvalue weighted by Gasteiger charge is 2.57. The summed E-state index contributed by atoms with van der Waals surface area (Å²) >= 11 is 0. The fraction of sp³-hybridized carbons (Fsp3) is 0.520. The zero-order chi connectivity index (χ0) is 26.5. The lowest BCUT2D eigenvalue weighted by Gasteiger charge is -2.52. The van der Waals surface area contributed by atoms with E-state index < -0.39 is 28.9 Å². The molecule has 2 aromatic heterocycles. The number of carbonyl (C=O) groups excluding carboxylic acids is 1. The average molecular weight is 512 g/mol. The van der Waals surface area contributed by atoms with E-state index in [2.05, 4.69) is 25.2 Å². The molecule has 2 N–H and O–H groups in total. The molecule has 0 bridgehead atoms. The van der Waals surface area contributed by atoms with Gasteiger partial charge in [0.25, 0.3) is 5.91 Å². The maximum absolute atomic E-state index is 13.2. The van der Waals surface area contributed by atoms with Gasteiger partial charge in [-0.25, -0.2) is 15.0 Å². The lowest BCUT2D eigenvalue weighted by atomic mass is 9.60. The van der Waals surface area contributed by atoms with E-state index in [9.17, 15) is 23.1 Å². The number of carbonyl (C=O) groups is 1. The minimum Gasteiger partial charge on any atom is -0.379 e. The minimum absolute atomic E-state index is 0.0314. The van der Waals surface area contributed by atoms with Crippen LogP contribution in [0.25, 0.3) is 0 Å². The van der Waals surface area contributed by atoms with Crippen LogP contribution in [0.5, 0.6) is 0 Å². The molecule has 37 heavy (non-hydrogen) atoms. The van der Waals surface area contributed by atoms with Crippen LogP contribution in [0.2, 0.25) is 0 Å². The topological polar surface area (TPSA) is 139 Å². The van der Waals surface area contributed by atoms with Crippen LogP contribution in [0.1, 0.15) is 48.3 Å². The normalized spacial score (nSPS) is 28.2. The van der Waals surface area contributed by atoms with Gasteiger partial charge in [-0.3, -0.25) is 9.69 Å². The Kier molecular flexibility index (Phi) is 6.13. The standard InChI is InChI=1S/C25H24F3N7O2/c1-24(37,23(36)34-16-4-19(25(26,27)28)20(5-29)31-9-16)12-35-10-13-2-17(18-3-14(11-35)22(13)18)15-7-32-21(6-30)33-8-15/h4,7-9,13-14,17-18,22,37H,2-3,10-12H2,1H3,(H,34,36). The number of β-amino-alcohol motifs (C(OH)–C–C–N with tert-alkyl or cyclic N) is 1. The predicted octanol–water partition coefficient (Wildman–Crippen LogP) is 2.69. The van der Waals surface area contributed by atoms with Crippen molar-refractivity contribution in [1.82, 2.24) is 19.9 Å². The summed E-state index contributed by atoms with van der Waals surface area (Å²) in [5.41, 5.74) is -3.12. The third-order valence-corrected chi connectivity index (χ3v) is 7.99. The first-order valence-corrected chi connectivity index (χ1v) is 12.0. The van der Waals surface area contributed by atoms with Crippen LogP contribution >= 0.6 is 0 Å². The largest absolute Gasteiger partial charge is 0.419 e. The molecule has 0 aromatic carbocycles. The van der Waals surface area contributed by atoms with E-state index in [1.807, 2.05) is 6.07 Å². The number of amides is 1. The quantitative estimate of drug-likeness (QED) is 0.625. The number of piperidine rings is 1. The highest BCUT2D eigenvalue weighted by Crippen LogP contribution is 2.62. The Morgan fingerprint density at radius 2 is 1.81 bits per heavy atom. The minimum atomic E-state index is -4.81. The third-order valence-electron chi connectivity index (χ3n) is 7.99. The summed E-state index contributed by atoms with van der Waals surface area (Å²) in [5.74, 6) is 1.53. The molecule has 1 aliphatic heterocycles. The number of rotatable bonds is 5. The lowest BCUT2D eigenvalue weighted by Crippen LogP contribution is -2.57. The van der Waals surface area contributed by atoms with Crippen molar-refractivity contribution in [3.05, 3.63) is 47.3 Å². The van der Waals surface area contributed by atoms with Gasteiger partial charge in [-0.15, -0.1) is 0 Å². The number of hydrogen-bond donors (Lipinski definition) is 2. The molecular weight excluding hydrogens is 487 g/mol. The van der Waals surface area contributed by atoms with Crippen molar-refractivity contribution in [1.29, 1.82) is 10.5 Å². The van der Waals surface area contributed by atoms with Gasteiger partial charge < -0.3 is 10.4 Å². The van der Waals surface area contributed by atoms with Crippen molar-refractivity contribution >= 4 is 11.6 Å². The van der Waals surface area contributed by atoms with E-state index >= 15 is 0 Å². The Morgan fingerprint density at radius 3 is 2.43 bits per heavy atom. The summed E-state index contributed by atoms with van der Waals surface area (Å²) in [6.07, 6.45) is 1.57. The molecule has 3 heterocycles. The lowest BCUT2D eigenvalue weighted by molar-refractivity contribution is -0.138. The molecule has 0 radical (unpaired) electrons. The van der Waals surface area contributed by atoms with Crippen LogP contribution in [0.3, 0.4) is 0 Å². The first kappa shape index (κ1) is 25.1. The van der Waals surface area contributed by atoms with Crippen molar-refractivity contribution in [2.75, 3.05) is 25.0 Å². The van der Waals surface area contributed by atoms with Crippen molar-refractivity contribution in [2.45, 2.75) is 37.5 Å². The molecule has 1 saturated heterocycles. The highest BCUT2D eigenvalue weighted by atomic mass is 19.4. The molecule has 2 aromatic rings. The van der Waals surface area contributed by atoms with Gasteiger partial charge in [0.2, 0.25) is 5.82 Å². The predicted molar refractivity (Wildman–Crippen MR) is 122 cm³/mol. The van der Waals surface area contributed by atoms with E-state index in [1.54, 1.807) is 12.4 Å². The Hall–Kier alpha value is -3.61. The number of aliphatic hydroxyl groups is 1. The van der Waals surface area contributed by atoms with Gasteiger partial charge in [0.15, 0.2) is 11.3 Å². The van der Waals surface area contributed by atoms with Gasteiger partial charge in [-0.05, 0) is 61.0 Å². The second kappa shape index (κ2) is 9.05. The van der Waals surface area contributed by atoms with Crippen molar-refractivity contribution in [3.8, 4) is 12.1 Å². The fourth-order valence-corrected chi connectivity index (χ4v) is 6.48. The Labute approximate surface area is 211 Å². The molecule has 6 unspecified atom stereocenters. The van der Waals surface area contributed by atoms with Gasteiger partial charge in [-0.1, -0.05) is 0 Å². The Balaban J connectivity index is 1.24. The number of anilines is 1. The molecule has 5 rings (SSSR count). The third kappa shape index (κ3) is 4.63. The highest BCUT2D eigenvalue weighted by molar-refractivity contribution is 5.97. The van der Waals surface area contributed by atoms with E-state index in [1.165, 1.54) is 13.0 Å². The molecule has 2 aliphatic carbocycles. The zero-order valence-corrected chi connectivity index (χ0v) is 19.9. The molecule has 12 heteroatoms. The van der Waals surface area contributed by atoms with Crippen LogP contribution in [-0.2, 0) is 11.0 Å². The Morgan fingerprint density at radius 1 is 1.14 bits per heavy atom. The monoisotopic (exact) mass is 511 g/mol. The number of likely N-dealkylation sites (tertiary alicyclic amines) is 1. The summed E-state index contributed by atoms with van der Waals surface area (Å²) in [6.45, 7) is 2.80. The number of nitrogens with zero attached hydrogens (tertiary/aromatic N) is 6. The van der Waals surface area contributed by atoms with Crippen molar-refractivity contribution in [2.24, 2.45) is 23.7 Å². The molecule has 192 valence electrons. The molecule has 3 aliphatic rings. The van der Waals surface area contributed by atoms with Gasteiger partial charge >= 0.3 is 6.18 Å². The molecule has 3 fully saturated rings. The number of halogens is 3. The van der Waals surface area contributed by atoms with Crippen LogP contribution in [0, 0.1) is 46.3 Å². The molecule has 1 amide bonds. The van der Waals surface area contributed by atoms with E-state index in [0.717, 1.165) is 31.1 Å². The van der Waals surface area contributed by atoms with Gasteiger partial charge in [0, 0.05) is 32.0 Å². The zero-order valence-electron chi connectivity index (χ0n) is 19.9. The fourth-order valence-electron chi connectivity index (χ4n) is 6.48. The number of pyridine rings is 1. The SMILES string of the molecule is CC(O)(CN1CC2CC(c3cnc(C#N)nc3)C3CC(C1)C23)C(=O)Nc1cnc(C#N)c(C(F)(F)F)c1. The summed E-state index contributed by atoms with van der Waals surface area (Å²) in [5, 5.41) is 31.1. The van der Waals surface area contributed by atoms with Crippen molar-refractivity contribution < 1.29 is 23.1 Å². The number of nitriles is 2. The first-order valence-electron chi connectivity index (χ1n) is 12.0. The maximum Gasteiger partial charge on any atom is 0.419 e. The first-order chi connectivity index (χ1) is 17.5. The number of aromatic nitrogens is 3. The van der Waals surface area contributed by atoms with Crippen LogP contribution in [0.15, 0.2) is 24.7 Å². The van der Waals surface area contributed by atoms with E-state index in [4.69, 9.17) is 10.5 Å². The van der Waals surface area contributed by atoms with Gasteiger partial charge in [0.1, 0.15) is 12.1 Å². The Bertz CT molecular complexity index is 1300. The average Bonchev–Trinajstić information content (AvgIpc) is 3.17.